The van der Waals surface area contributed by atoms with Gasteiger partial charge < -0.3 is 5.73 Å². The second-order valence-corrected chi connectivity index (χ2v) is 3.71. The van der Waals surface area contributed by atoms with E-state index in [9.17, 15) is 0 Å². The third kappa shape index (κ3) is 1.70. The second-order valence-electron chi connectivity index (χ2n) is 2.82. The summed E-state index contributed by atoms with van der Waals surface area (Å²) >= 11 is 1.44. The van der Waals surface area contributed by atoms with Crippen LogP contribution in [0.2, 0.25) is 0 Å². The second kappa shape index (κ2) is 3.18. The van der Waals surface area contributed by atoms with Crippen molar-refractivity contribution < 1.29 is 0 Å². The lowest BCUT2D eigenvalue weighted by molar-refractivity contribution is 1.32. The van der Waals surface area contributed by atoms with Crippen molar-refractivity contribution >= 4 is 29.8 Å². The van der Waals surface area contributed by atoms with Gasteiger partial charge in [0, 0.05) is 23.3 Å². The summed E-state index contributed by atoms with van der Waals surface area (Å²) in [4.78, 5) is 8.27. The Balaban J connectivity index is 2.46. The van der Waals surface area contributed by atoms with E-state index in [-0.39, 0.29) is 0 Å². The van der Waals surface area contributed by atoms with Crippen LogP contribution in [0.15, 0.2) is 23.8 Å². The van der Waals surface area contributed by atoms with Gasteiger partial charge in [-0.15, -0.1) is 11.3 Å². The molecule has 0 fully saturated rings. The molecule has 2 aromatic rings. The first kappa shape index (κ1) is 8.25. The maximum atomic E-state index is 5.54. The molecule has 0 aliphatic carbocycles. The van der Waals surface area contributed by atoms with Gasteiger partial charge in [0.2, 0.25) is 0 Å². The van der Waals surface area contributed by atoms with Gasteiger partial charge in [0.25, 0.3) is 0 Å². The van der Waals surface area contributed by atoms with Crippen LogP contribution in [0.1, 0.15) is 0 Å². The summed E-state index contributed by atoms with van der Waals surface area (Å²) in [6.45, 7) is 0. The molecule has 0 atom stereocenters. The van der Waals surface area contributed by atoms with Crippen LogP contribution < -0.4 is 11.2 Å². The largest absolute Gasteiger partial charge is 0.375 e. The molecule has 0 saturated heterocycles. The van der Waals surface area contributed by atoms with E-state index in [1.54, 1.807) is 6.20 Å². The zero-order valence-corrected chi connectivity index (χ0v) is 8.01. The van der Waals surface area contributed by atoms with Crippen LogP contribution in [-0.4, -0.2) is 17.8 Å². The van der Waals surface area contributed by atoms with Gasteiger partial charge >= 0.3 is 0 Å². The van der Waals surface area contributed by atoms with Crippen molar-refractivity contribution in [3.8, 4) is 11.3 Å². The molecule has 5 heteroatoms. The Bertz CT molecular complexity index is 427. The minimum absolute atomic E-state index is 0.594. The third-order valence-electron chi connectivity index (χ3n) is 1.69. The minimum Gasteiger partial charge on any atom is -0.375 e. The molecule has 0 saturated carbocycles. The smallest absolute Gasteiger partial charge is 0.180 e. The van der Waals surface area contributed by atoms with Crippen molar-refractivity contribution in [1.29, 1.82) is 0 Å². The predicted octanol–water partition coefficient (Wildman–Crippen LogP) is 0.0457. The molecule has 0 radical (unpaired) electrons. The molecular weight excluding hydrogens is 181 g/mol. The fourth-order valence-electron chi connectivity index (χ4n) is 1.12. The number of rotatable bonds is 1. The molecule has 0 aromatic carbocycles. The molecule has 0 aliphatic heterocycles. The summed E-state index contributed by atoms with van der Waals surface area (Å²) < 4.78 is 0. The lowest BCUT2D eigenvalue weighted by atomic mass is 9.97. The summed E-state index contributed by atoms with van der Waals surface area (Å²) in [6, 6.07) is 2.04. The van der Waals surface area contributed by atoms with Gasteiger partial charge in [-0.1, -0.05) is 11.5 Å². The summed E-state index contributed by atoms with van der Waals surface area (Å²) in [5, 5.41) is 2.53. The summed E-state index contributed by atoms with van der Waals surface area (Å²) in [6.07, 6.45) is 3.61. The number of nitrogens with two attached hydrogens (primary N) is 1. The molecule has 0 aliphatic rings. The highest BCUT2D eigenvalue weighted by atomic mass is 32.1. The van der Waals surface area contributed by atoms with E-state index in [0.717, 1.165) is 16.7 Å². The maximum absolute atomic E-state index is 5.54. The third-order valence-corrected chi connectivity index (χ3v) is 2.37. The first-order valence-corrected chi connectivity index (χ1v) is 4.77. The van der Waals surface area contributed by atoms with Gasteiger partial charge in [-0.2, -0.15) is 0 Å². The van der Waals surface area contributed by atoms with E-state index in [0.29, 0.717) is 5.13 Å². The molecule has 2 N–H and O–H groups in total. The Kier molecular flexibility index (Phi) is 2.02. The molecule has 64 valence electrons. The van der Waals surface area contributed by atoms with Crippen LogP contribution >= 0.6 is 11.3 Å². The standard InChI is InChI=1S/C8H8BN3S/c9-6-1-5(2-11-3-6)7-4-13-8(10)12-7/h1-4H,9H2,(H2,10,12). The fourth-order valence-corrected chi connectivity index (χ4v) is 1.69. The van der Waals surface area contributed by atoms with E-state index in [1.807, 2.05) is 25.5 Å². The molecular formula is C8H8BN3S. The van der Waals surface area contributed by atoms with Gasteiger partial charge in [-0.3, -0.25) is 4.98 Å². The number of pyridine rings is 1. The fraction of sp³-hybridized carbons (Fsp3) is 0. The lowest BCUT2D eigenvalue weighted by Crippen LogP contribution is -2.02. The van der Waals surface area contributed by atoms with Crippen molar-refractivity contribution in [3.05, 3.63) is 23.8 Å². The topological polar surface area (TPSA) is 51.8 Å². The highest BCUT2D eigenvalue weighted by molar-refractivity contribution is 7.13. The molecule has 3 nitrogen and oxygen atoms in total. The van der Waals surface area contributed by atoms with Crippen molar-refractivity contribution in [2.24, 2.45) is 0 Å². The molecule has 0 bridgehead atoms. The van der Waals surface area contributed by atoms with Gasteiger partial charge in [0.05, 0.1) is 5.69 Å². The molecule has 0 unspecified atom stereocenters. The van der Waals surface area contributed by atoms with Gasteiger partial charge in [-0.25, -0.2) is 4.98 Å². The van der Waals surface area contributed by atoms with Crippen molar-refractivity contribution in [2.75, 3.05) is 5.73 Å². The molecule has 13 heavy (non-hydrogen) atoms. The summed E-state index contributed by atoms with van der Waals surface area (Å²) in [5.41, 5.74) is 8.59. The van der Waals surface area contributed by atoms with E-state index in [1.165, 1.54) is 11.3 Å². The maximum Gasteiger partial charge on any atom is 0.180 e. The SMILES string of the molecule is Bc1cncc(-c2csc(N)n2)c1. The quantitative estimate of drug-likeness (QED) is 0.644. The van der Waals surface area contributed by atoms with Gasteiger partial charge in [0.1, 0.15) is 7.85 Å². The molecule has 2 heterocycles. The number of aromatic nitrogens is 2. The van der Waals surface area contributed by atoms with E-state index in [2.05, 4.69) is 9.97 Å². The van der Waals surface area contributed by atoms with Crippen LogP contribution in [-0.2, 0) is 0 Å². The van der Waals surface area contributed by atoms with Gasteiger partial charge in [0.15, 0.2) is 5.13 Å². The predicted molar refractivity (Wildman–Crippen MR) is 57.9 cm³/mol. The Morgan fingerprint density at radius 1 is 1.38 bits per heavy atom. The number of hydrogen-bond acceptors (Lipinski definition) is 4. The summed E-state index contributed by atoms with van der Waals surface area (Å²) in [7, 11) is 2.01. The Hall–Kier alpha value is -1.36. The average molecular weight is 189 g/mol. The minimum atomic E-state index is 0.594. The van der Waals surface area contributed by atoms with Gasteiger partial charge in [-0.05, 0) is 0 Å². The van der Waals surface area contributed by atoms with Crippen LogP contribution in [0.5, 0.6) is 0 Å². The van der Waals surface area contributed by atoms with Crippen LogP contribution in [0, 0.1) is 0 Å². The summed E-state index contributed by atoms with van der Waals surface area (Å²) in [5.74, 6) is 0. The van der Waals surface area contributed by atoms with Crippen LogP contribution in [0.25, 0.3) is 11.3 Å². The van der Waals surface area contributed by atoms with Crippen molar-refractivity contribution in [3.63, 3.8) is 0 Å². The monoisotopic (exact) mass is 189 g/mol. The lowest BCUT2D eigenvalue weighted by Gasteiger charge is -1.96. The Morgan fingerprint density at radius 3 is 2.85 bits per heavy atom. The number of anilines is 1. The molecule has 2 rings (SSSR count). The first-order chi connectivity index (χ1) is 6.25. The number of hydrogen-bond donors (Lipinski definition) is 1. The van der Waals surface area contributed by atoms with Crippen molar-refractivity contribution in [2.45, 2.75) is 0 Å². The molecule has 0 spiro atoms. The normalized spacial score (nSPS) is 10.2. The molecule has 0 amide bonds. The number of nitrogens with zero attached hydrogens (tertiary/aromatic N) is 2. The average Bonchev–Trinajstić information content (AvgIpc) is 2.52. The van der Waals surface area contributed by atoms with E-state index < -0.39 is 0 Å². The Labute approximate surface area is 81.1 Å². The Morgan fingerprint density at radius 2 is 2.23 bits per heavy atom. The van der Waals surface area contributed by atoms with E-state index >= 15 is 0 Å². The van der Waals surface area contributed by atoms with E-state index in [4.69, 9.17) is 5.73 Å². The zero-order chi connectivity index (χ0) is 9.26. The number of thiazole rings is 1. The first-order valence-electron chi connectivity index (χ1n) is 3.89. The zero-order valence-electron chi connectivity index (χ0n) is 7.19. The highest BCUT2D eigenvalue weighted by Gasteiger charge is 2.01. The van der Waals surface area contributed by atoms with Crippen molar-refractivity contribution in [1.82, 2.24) is 9.97 Å². The molecule has 2 aromatic heterocycles. The van der Waals surface area contributed by atoms with Crippen LogP contribution in [0.3, 0.4) is 0 Å². The van der Waals surface area contributed by atoms with Crippen LogP contribution in [0.4, 0.5) is 5.13 Å². The highest BCUT2D eigenvalue weighted by Crippen LogP contribution is 2.20. The number of nitrogen functional groups attached to an aromatic ring is 1.